The molecule has 1 nitrogen and oxygen atoms in total. The van der Waals surface area contributed by atoms with E-state index in [0.717, 1.165) is 17.8 Å². The van der Waals surface area contributed by atoms with Gasteiger partial charge in [0.15, 0.2) is 0 Å². The Hall–Kier alpha value is -0.0400. The minimum absolute atomic E-state index is 0.393. The summed E-state index contributed by atoms with van der Waals surface area (Å²) >= 11 is 0. The Labute approximate surface area is 57.1 Å². The fourth-order valence-electron chi connectivity index (χ4n) is 1.97. The molecule has 0 aromatic heterocycles. The summed E-state index contributed by atoms with van der Waals surface area (Å²) < 4.78 is 0. The number of aliphatic hydroxyl groups excluding tert-OH is 1. The highest BCUT2D eigenvalue weighted by Gasteiger charge is 2.47. The average molecular weight is 128 g/mol. The number of rotatable bonds is 2. The van der Waals surface area contributed by atoms with Crippen LogP contribution in [0, 0.1) is 23.7 Å². The third-order valence-corrected chi connectivity index (χ3v) is 2.62. The standard InChI is InChI=1S/C8H16O/c1-5(2)8-6(3)7(8)4-9/h5-9H,4H2,1-3H3. The van der Waals surface area contributed by atoms with Crippen LogP contribution in [0.5, 0.6) is 0 Å². The van der Waals surface area contributed by atoms with Crippen molar-refractivity contribution in [2.45, 2.75) is 20.8 Å². The van der Waals surface area contributed by atoms with Gasteiger partial charge < -0.3 is 5.11 Å². The second-order valence-electron chi connectivity index (χ2n) is 3.53. The van der Waals surface area contributed by atoms with Crippen LogP contribution in [0.2, 0.25) is 0 Å². The highest BCUT2D eigenvalue weighted by Crippen LogP contribution is 2.49. The van der Waals surface area contributed by atoms with E-state index in [4.69, 9.17) is 5.11 Å². The molecule has 3 unspecified atom stereocenters. The summed E-state index contributed by atoms with van der Waals surface area (Å²) in [7, 11) is 0. The largest absolute Gasteiger partial charge is 0.396 e. The van der Waals surface area contributed by atoms with Gasteiger partial charge >= 0.3 is 0 Å². The van der Waals surface area contributed by atoms with E-state index in [0.29, 0.717) is 12.5 Å². The molecule has 0 amide bonds. The molecule has 1 aliphatic rings. The molecule has 0 aliphatic heterocycles. The Kier molecular flexibility index (Phi) is 1.80. The van der Waals surface area contributed by atoms with Crippen LogP contribution in [0.4, 0.5) is 0 Å². The summed E-state index contributed by atoms with van der Waals surface area (Å²) in [6.45, 7) is 7.09. The maximum atomic E-state index is 8.80. The van der Waals surface area contributed by atoms with Crippen molar-refractivity contribution >= 4 is 0 Å². The van der Waals surface area contributed by atoms with Gasteiger partial charge in [-0.05, 0) is 23.7 Å². The van der Waals surface area contributed by atoms with Gasteiger partial charge in [0, 0.05) is 6.61 Å². The Morgan fingerprint density at radius 3 is 2.11 bits per heavy atom. The van der Waals surface area contributed by atoms with Crippen LogP contribution < -0.4 is 0 Å². The molecule has 1 aliphatic carbocycles. The lowest BCUT2D eigenvalue weighted by Gasteiger charge is -1.99. The molecular weight excluding hydrogens is 112 g/mol. The number of aliphatic hydroxyl groups is 1. The predicted molar refractivity (Wildman–Crippen MR) is 38.1 cm³/mol. The molecule has 0 heterocycles. The Bertz CT molecular complexity index is 98.7. The average Bonchev–Trinajstić information content (AvgIpc) is 2.40. The van der Waals surface area contributed by atoms with Crippen molar-refractivity contribution in [3.05, 3.63) is 0 Å². The Balaban J connectivity index is 2.33. The molecule has 0 saturated heterocycles. The lowest BCUT2D eigenvalue weighted by Crippen LogP contribution is -1.95. The predicted octanol–water partition coefficient (Wildman–Crippen LogP) is 1.52. The van der Waals surface area contributed by atoms with Crippen LogP contribution in [0.1, 0.15) is 20.8 Å². The van der Waals surface area contributed by atoms with Gasteiger partial charge in [-0.15, -0.1) is 0 Å². The summed E-state index contributed by atoms with van der Waals surface area (Å²) in [6, 6.07) is 0. The van der Waals surface area contributed by atoms with E-state index in [1.165, 1.54) is 0 Å². The lowest BCUT2D eigenvalue weighted by atomic mass is 10.1. The van der Waals surface area contributed by atoms with E-state index in [1.807, 2.05) is 0 Å². The quantitative estimate of drug-likeness (QED) is 0.597. The molecule has 54 valence electrons. The van der Waals surface area contributed by atoms with Crippen molar-refractivity contribution in [2.75, 3.05) is 6.61 Å². The Morgan fingerprint density at radius 1 is 1.44 bits per heavy atom. The molecule has 0 spiro atoms. The first kappa shape index (κ1) is 7.07. The molecule has 9 heavy (non-hydrogen) atoms. The summed E-state index contributed by atoms with van der Waals surface area (Å²) in [5.41, 5.74) is 0. The van der Waals surface area contributed by atoms with Crippen molar-refractivity contribution in [3.63, 3.8) is 0 Å². The van der Waals surface area contributed by atoms with Gasteiger partial charge in [0.2, 0.25) is 0 Å². The van der Waals surface area contributed by atoms with Crippen LogP contribution in [0.15, 0.2) is 0 Å². The smallest absolute Gasteiger partial charge is 0.0464 e. The highest BCUT2D eigenvalue weighted by atomic mass is 16.3. The molecule has 3 atom stereocenters. The Morgan fingerprint density at radius 2 is 2.00 bits per heavy atom. The zero-order valence-corrected chi connectivity index (χ0v) is 6.46. The lowest BCUT2D eigenvalue weighted by molar-refractivity contribution is 0.259. The number of hydrogen-bond acceptors (Lipinski definition) is 1. The summed E-state index contributed by atoms with van der Waals surface area (Å²) in [4.78, 5) is 0. The summed E-state index contributed by atoms with van der Waals surface area (Å²) in [5, 5.41) is 8.80. The molecule has 0 aromatic rings. The SMILES string of the molecule is CC(C)C1C(C)C1CO. The normalized spacial score (nSPS) is 41.7. The van der Waals surface area contributed by atoms with E-state index in [-0.39, 0.29) is 0 Å². The van der Waals surface area contributed by atoms with E-state index in [2.05, 4.69) is 20.8 Å². The van der Waals surface area contributed by atoms with Gasteiger partial charge in [-0.1, -0.05) is 20.8 Å². The minimum Gasteiger partial charge on any atom is -0.396 e. The van der Waals surface area contributed by atoms with E-state index < -0.39 is 0 Å². The van der Waals surface area contributed by atoms with Crippen molar-refractivity contribution in [3.8, 4) is 0 Å². The number of hydrogen-bond donors (Lipinski definition) is 1. The molecule has 0 radical (unpaired) electrons. The maximum absolute atomic E-state index is 8.80. The maximum Gasteiger partial charge on any atom is 0.0464 e. The molecule has 1 fully saturated rings. The van der Waals surface area contributed by atoms with E-state index in [9.17, 15) is 0 Å². The fourth-order valence-corrected chi connectivity index (χ4v) is 1.97. The third-order valence-electron chi connectivity index (χ3n) is 2.62. The molecule has 0 bridgehead atoms. The molecule has 0 aromatic carbocycles. The first-order chi connectivity index (χ1) is 4.18. The molecule has 1 N–H and O–H groups in total. The molecule has 1 saturated carbocycles. The minimum atomic E-state index is 0.393. The zero-order valence-electron chi connectivity index (χ0n) is 6.46. The second-order valence-corrected chi connectivity index (χ2v) is 3.53. The first-order valence-electron chi connectivity index (χ1n) is 3.79. The molecule has 1 rings (SSSR count). The monoisotopic (exact) mass is 128 g/mol. The van der Waals surface area contributed by atoms with Gasteiger partial charge in [-0.25, -0.2) is 0 Å². The molecular formula is C8H16O. The third kappa shape index (κ3) is 1.11. The molecule has 1 heteroatoms. The van der Waals surface area contributed by atoms with Crippen molar-refractivity contribution in [1.82, 2.24) is 0 Å². The summed E-state index contributed by atoms with van der Waals surface area (Å²) in [6.07, 6.45) is 0. The summed E-state index contributed by atoms with van der Waals surface area (Å²) in [5.74, 6) is 2.95. The van der Waals surface area contributed by atoms with E-state index >= 15 is 0 Å². The van der Waals surface area contributed by atoms with Crippen LogP contribution in [-0.4, -0.2) is 11.7 Å². The highest BCUT2D eigenvalue weighted by molar-refractivity contribution is 4.94. The first-order valence-corrected chi connectivity index (χ1v) is 3.79. The van der Waals surface area contributed by atoms with Gasteiger partial charge in [0.25, 0.3) is 0 Å². The van der Waals surface area contributed by atoms with Crippen LogP contribution in [0.25, 0.3) is 0 Å². The second kappa shape index (κ2) is 2.30. The van der Waals surface area contributed by atoms with Gasteiger partial charge in [0.1, 0.15) is 0 Å². The topological polar surface area (TPSA) is 20.2 Å². The van der Waals surface area contributed by atoms with Crippen LogP contribution in [0.3, 0.4) is 0 Å². The van der Waals surface area contributed by atoms with Crippen LogP contribution in [-0.2, 0) is 0 Å². The van der Waals surface area contributed by atoms with Crippen molar-refractivity contribution in [1.29, 1.82) is 0 Å². The van der Waals surface area contributed by atoms with E-state index in [1.54, 1.807) is 0 Å². The van der Waals surface area contributed by atoms with Crippen molar-refractivity contribution in [2.24, 2.45) is 23.7 Å². The fraction of sp³-hybridized carbons (Fsp3) is 1.00. The van der Waals surface area contributed by atoms with Gasteiger partial charge in [-0.2, -0.15) is 0 Å². The van der Waals surface area contributed by atoms with Crippen molar-refractivity contribution < 1.29 is 5.11 Å². The van der Waals surface area contributed by atoms with Gasteiger partial charge in [0.05, 0.1) is 0 Å². The van der Waals surface area contributed by atoms with Gasteiger partial charge in [-0.3, -0.25) is 0 Å². The zero-order chi connectivity index (χ0) is 7.02. The van der Waals surface area contributed by atoms with Crippen LogP contribution >= 0.6 is 0 Å².